The summed E-state index contributed by atoms with van der Waals surface area (Å²) >= 11 is 0. The van der Waals surface area contributed by atoms with Gasteiger partial charge in [-0.1, -0.05) is 60.7 Å². The Balaban J connectivity index is 1.89. The number of aliphatic hydroxyl groups is 1. The molecule has 0 aromatic heterocycles. The van der Waals surface area contributed by atoms with Crippen LogP contribution in [0, 0.1) is 0 Å². The Bertz CT molecular complexity index is 501. The predicted octanol–water partition coefficient (Wildman–Crippen LogP) is 2.01. The van der Waals surface area contributed by atoms with Crippen molar-refractivity contribution in [2.75, 3.05) is 0 Å². The first kappa shape index (κ1) is 14.7. The summed E-state index contributed by atoms with van der Waals surface area (Å²) in [5, 5.41) is 10.2. The van der Waals surface area contributed by atoms with Crippen LogP contribution in [0.25, 0.3) is 0 Å². The lowest BCUT2D eigenvalue weighted by molar-refractivity contribution is 0.127. The van der Waals surface area contributed by atoms with E-state index in [1.165, 1.54) is 5.56 Å². The van der Waals surface area contributed by atoms with Gasteiger partial charge in [-0.05, 0) is 24.0 Å². The van der Waals surface area contributed by atoms with Crippen molar-refractivity contribution in [2.45, 2.75) is 31.0 Å². The Kier molecular flexibility index (Phi) is 5.30. The zero-order valence-electron chi connectivity index (χ0n) is 11.5. The summed E-state index contributed by atoms with van der Waals surface area (Å²) in [5.41, 5.74) is 14.3. The molecule has 2 aromatic rings. The summed E-state index contributed by atoms with van der Waals surface area (Å²) in [6.45, 7) is 0. The first-order chi connectivity index (χ1) is 9.66. The molecule has 2 aromatic carbocycles. The van der Waals surface area contributed by atoms with Crippen LogP contribution in [-0.2, 0) is 6.42 Å². The molecule has 0 aliphatic carbocycles. The van der Waals surface area contributed by atoms with Gasteiger partial charge in [-0.25, -0.2) is 0 Å². The number of hydrogen-bond donors (Lipinski definition) is 3. The van der Waals surface area contributed by atoms with E-state index in [4.69, 9.17) is 11.5 Å². The zero-order chi connectivity index (χ0) is 14.4. The van der Waals surface area contributed by atoms with Gasteiger partial charge in [-0.15, -0.1) is 0 Å². The van der Waals surface area contributed by atoms with E-state index >= 15 is 0 Å². The van der Waals surface area contributed by atoms with Crippen LogP contribution in [0.15, 0.2) is 60.7 Å². The fourth-order valence-corrected chi connectivity index (χ4v) is 2.35. The van der Waals surface area contributed by atoms with E-state index in [1.807, 2.05) is 60.7 Å². The zero-order valence-corrected chi connectivity index (χ0v) is 11.5. The van der Waals surface area contributed by atoms with Crippen molar-refractivity contribution in [3.8, 4) is 0 Å². The maximum Gasteiger partial charge on any atom is 0.0747 e. The summed E-state index contributed by atoms with van der Waals surface area (Å²) in [6, 6.07) is 19.2. The van der Waals surface area contributed by atoms with Crippen LogP contribution in [-0.4, -0.2) is 17.3 Å². The predicted molar refractivity (Wildman–Crippen MR) is 82.1 cm³/mol. The lowest BCUT2D eigenvalue weighted by atomic mass is 9.94. The quantitative estimate of drug-likeness (QED) is 0.752. The Morgan fingerprint density at radius 3 is 2.00 bits per heavy atom. The highest BCUT2D eigenvalue weighted by Gasteiger charge is 2.19. The number of benzene rings is 2. The van der Waals surface area contributed by atoms with Crippen molar-refractivity contribution in [3.63, 3.8) is 0 Å². The highest BCUT2D eigenvalue weighted by Crippen LogP contribution is 2.18. The Morgan fingerprint density at radius 1 is 0.850 bits per heavy atom. The van der Waals surface area contributed by atoms with E-state index in [0.717, 1.165) is 12.0 Å². The molecule has 3 nitrogen and oxygen atoms in total. The summed E-state index contributed by atoms with van der Waals surface area (Å²) < 4.78 is 0. The summed E-state index contributed by atoms with van der Waals surface area (Å²) in [4.78, 5) is 0. The minimum atomic E-state index is -0.629. The third-order valence-electron chi connectivity index (χ3n) is 3.48. The minimum Gasteiger partial charge on any atom is -0.391 e. The van der Waals surface area contributed by atoms with Gasteiger partial charge >= 0.3 is 0 Å². The van der Waals surface area contributed by atoms with Gasteiger partial charge in [-0.2, -0.15) is 0 Å². The fraction of sp³-hybridized carbons (Fsp3) is 0.294. The summed E-state index contributed by atoms with van der Waals surface area (Å²) in [6.07, 6.45) is 0.612. The van der Waals surface area contributed by atoms with Crippen LogP contribution >= 0.6 is 0 Å². The molecule has 3 heteroatoms. The van der Waals surface area contributed by atoms with Gasteiger partial charge in [0.2, 0.25) is 0 Å². The van der Waals surface area contributed by atoms with Crippen molar-refractivity contribution in [2.24, 2.45) is 11.5 Å². The normalized spacial score (nSPS) is 15.6. The van der Waals surface area contributed by atoms with Gasteiger partial charge in [0.05, 0.1) is 12.1 Å². The molecule has 3 atom stereocenters. The highest BCUT2D eigenvalue weighted by molar-refractivity contribution is 5.20. The van der Waals surface area contributed by atoms with Crippen molar-refractivity contribution in [1.82, 2.24) is 0 Å². The van der Waals surface area contributed by atoms with E-state index in [0.29, 0.717) is 6.42 Å². The maximum absolute atomic E-state index is 10.2. The molecule has 106 valence electrons. The molecule has 0 saturated carbocycles. The van der Waals surface area contributed by atoms with Crippen molar-refractivity contribution >= 4 is 0 Å². The van der Waals surface area contributed by atoms with Crippen LogP contribution in [0.1, 0.15) is 23.6 Å². The van der Waals surface area contributed by atoms with Gasteiger partial charge < -0.3 is 16.6 Å². The molecule has 0 heterocycles. The van der Waals surface area contributed by atoms with Crippen LogP contribution in [0.5, 0.6) is 0 Å². The van der Waals surface area contributed by atoms with Gasteiger partial charge in [0, 0.05) is 6.04 Å². The average molecular weight is 270 g/mol. The number of rotatable bonds is 6. The third kappa shape index (κ3) is 4.17. The van der Waals surface area contributed by atoms with Crippen LogP contribution in [0.3, 0.4) is 0 Å². The minimum absolute atomic E-state index is 0.0952. The van der Waals surface area contributed by atoms with E-state index in [-0.39, 0.29) is 6.04 Å². The molecule has 0 aliphatic heterocycles. The van der Waals surface area contributed by atoms with Gasteiger partial charge in [0.25, 0.3) is 0 Å². The molecule has 0 fully saturated rings. The Morgan fingerprint density at radius 2 is 1.40 bits per heavy atom. The second kappa shape index (κ2) is 7.20. The molecular weight excluding hydrogens is 248 g/mol. The average Bonchev–Trinajstić information content (AvgIpc) is 2.48. The SMILES string of the molecule is N[C@@H](Cc1ccccc1)C[C@H](O)[C@@H](N)c1ccccc1. The number of nitrogens with two attached hydrogens (primary N) is 2. The van der Waals surface area contributed by atoms with E-state index < -0.39 is 12.1 Å². The number of aliphatic hydroxyl groups excluding tert-OH is 1. The van der Waals surface area contributed by atoms with Crippen molar-refractivity contribution < 1.29 is 5.11 Å². The maximum atomic E-state index is 10.2. The van der Waals surface area contributed by atoms with Crippen LogP contribution < -0.4 is 11.5 Å². The lowest BCUT2D eigenvalue weighted by Gasteiger charge is -2.22. The molecule has 0 spiro atoms. The molecular formula is C17H22N2O. The standard InChI is InChI=1S/C17H22N2O/c18-15(11-13-7-3-1-4-8-13)12-16(20)17(19)14-9-5-2-6-10-14/h1-10,15-17,20H,11-12,18-19H2/t15-,16-,17-/m0/s1. The lowest BCUT2D eigenvalue weighted by Crippen LogP contribution is -2.34. The molecule has 0 saturated heterocycles. The topological polar surface area (TPSA) is 72.3 Å². The van der Waals surface area contributed by atoms with Crippen molar-refractivity contribution in [1.29, 1.82) is 0 Å². The largest absolute Gasteiger partial charge is 0.391 e. The second-order valence-corrected chi connectivity index (χ2v) is 5.19. The molecule has 0 amide bonds. The monoisotopic (exact) mass is 270 g/mol. The molecule has 0 bridgehead atoms. The fourth-order valence-electron chi connectivity index (χ4n) is 2.35. The third-order valence-corrected chi connectivity index (χ3v) is 3.48. The smallest absolute Gasteiger partial charge is 0.0747 e. The molecule has 0 unspecified atom stereocenters. The van der Waals surface area contributed by atoms with E-state index in [2.05, 4.69) is 0 Å². The van der Waals surface area contributed by atoms with Gasteiger partial charge in [0.1, 0.15) is 0 Å². The van der Waals surface area contributed by atoms with Crippen LogP contribution in [0.2, 0.25) is 0 Å². The molecule has 0 radical (unpaired) electrons. The first-order valence-electron chi connectivity index (χ1n) is 6.95. The summed E-state index contributed by atoms with van der Waals surface area (Å²) in [5.74, 6) is 0. The Labute approximate surface area is 120 Å². The molecule has 0 aliphatic rings. The van der Waals surface area contributed by atoms with E-state index in [9.17, 15) is 5.11 Å². The van der Waals surface area contributed by atoms with Gasteiger partial charge in [-0.3, -0.25) is 0 Å². The highest BCUT2D eigenvalue weighted by atomic mass is 16.3. The Hall–Kier alpha value is -1.68. The second-order valence-electron chi connectivity index (χ2n) is 5.19. The van der Waals surface area contributed by atoms with Crippen molar-refractivity contribution in [3.05, 3.63) is 71.8 Å². The van der Waals surface area contributed by atoms with E-state index in [1.54, 1.807) is 0 Å². The first-order valence-corrected chi connectivity index (χ1v) is 6.95. The molecule has 20 heavy (non-hydrogen) atoms. The summed E-state index contributed by atoms with van der Waals surface area (Å²) in [7, 11) is 0. The number of hydrogen-bond acceptors (Lipinski definition) is 3. The van der Waals surface area contributed by atoms with Crippen LogP contribution in [0.4, 0.5) is 0 Å². The molecule has 2 rings (SSSR count). The molecule has 5 N–H and O–H groups in total. The van der Waals surface area contributed by atoms with Gasteiger partial charge in [0.15, 0.2) is 0 Å².